The fourth-order valence-corrected chi connectivity index (χ4v) is 1.63. The van der Waals surface area contributed by atoms with Gasteiger partial charge in [-0.3, -0.25) is 4.79 Å². The fourth-order valence-electron chi connectivity index (χ4n) is 1.63. The Morgan fingerprint density at radius 3 is 2.44 bits per heavy atom. The van der Waals surface area contributed by atoms with Gasteiger partial charge in [0.05, 0.1) is 12.3 Å². The van der Waals surface area contributed by atoms with Crippen LogP contribution in [0, 0.1) is 6.92 Å². The van der Waals surface area contributed by atoms with Crippen molar-refractivity contribution in [3.8, 4) is 11.4 Å². The Morgan fingerprint density at radius 2 is 1.89 bits per heavy atom. The molecule has 0 aliphatic heterocycles. The molecule has 5 nitrogen and oxygen atoms in total. The van der Waals surface area contributed by atoms with Crippen LogP contribution in [0.25, 0.3) is 5.69 Å². The van der Waals surface area contributed by atoms with Crippen LogP contribution in [-0.2, 0) is 0 Å². The van der Waals surface area contributed by atoms with E-state index in [1.54, 1.807) is 31.2 Å². The van der Waals surface area contributed by atoms with Gasteiger partial charge in [-0.15, -0.1) is 0 Å². The SMILES string of the molecule is CCOc1ccc(-n2c(=O)cc(C)oc2=O)cc1. The molecule has 0 aliphatic carbocycles. The van der Waals surface area contributed by atoms with Gasteiger partial charge in [0.25, 0.3) is 5.56 Å². The van der Waals surface area contributed by atoms with E-state index in [1.165, 1.54) is 6.07 Å². The standard InChI is InChI=1S/C13H13NO4/c1-3-17-11-6-4-10(5-7-11)14-12(15)8-9(2)18-13(14)16/h4-8H,3H2,1-2H3. The molecule has 0 spiro atoms. The summed E-state index contributed by atoms with van der Waals surface area (Å²) >= 11 is 0. The number of aryl methyl sites for hydroxylation is 1. The molecule has 5 heteroatoms. The largest absolute Gasteiger partial charge is 0.494 e. The van der Waals surface area contributed by atoms with Gasteiger partial charge >= 0.3 is 5.76 Å². The highest BCUT2D eigenvalue weighted by molar-refractivity contribution is 5.37. The lowest BCUT2D eigenvalue weighted by molar-refractivity contribution is 0.340. The summed E-state index contributed by atoms with van der Waals surface area (Å²) in [5.74, 6) is 0.294. The lowest BCUT2D eigenvalue weighted by Gasteiger charge is -2.06. The molecule has 18 heavy (non-hydrogen) atoms. The van der Waals surface area contributed by atoms with E-state index in [0.29, 0.717) is 23.8 Å². The Balaban J connectivity index is 2.49. The average molecular weight is 247 g/mol. The van der Waals surface area contributed by atoms with E-state index < -0.39 is 11.3 Å². The number of nitrogens with zero attached hydrogens (tertiary/aromatic N) is 1. The smallest absolute Gasteiger partial charge is 0.426 e. The Hall–Kier alpha value is -2.30. The molecule has 0 N–H and O–H groups in total. The first-order chi connectivity index (χ1) is 8.61. The first-order valence-corrected chi connectivity index (χ1v) is 5.59. The Morgan fingerprint density at radius 1 is 1.22 bits per heavy atom. The lowest BCUT2D eigenvalue weighted by Crippen LogP contribution is -2.30. The van der Waals surface area contributed by atoms with Crippen molar-refractivity contribution in [3.05, 3.63) is 57.0 Å². The topological polar surface area (TPSA) is 61.4 Å². The van der Waals surface area contributed by atoms with Crippen LogP contribution in [0.3, 0.4) is 0 Å². The average Bonchev–Trinajstić information content (AvgIpc) is 2.30. The number of hydrogen-bond donors (Lipinski definition) is 0. The number of benzene rings is 1. The summed E-state index contributed by atoms with van der Waals surface area (Å²) in [5, 5.41) is 0. The molecule has 1 heterocycles. The highest BCUT2D eigenvalue weighted by Gasteiger charge is 2.06. The van der Waals surface area contributed by atoms with E-state index in [-0.39, 0.29) is 0 Å². The molecule has 2 aromatic rings. The van der Waals surface area contributed by atoms with Crippen LogP contribution in [0.1, 0.15) is 12.7 Å². The van der Waals surface area contributed by atoms with Gasteiger partial charge in [-0.1, -0.05) is 0 Å². The second-order valence-corrected chi connectivity index (χ2v) is 3.72. The maximum absolute atomic E-state index is 11.7. The molecule has 0 atom stereocenters. The highest BCUT2D eigenvalue weighted by Crippen LogP contribution is 2.13. The molecule has 0 fully saturated rings. The maximum atomic E-state index is 11.7. The first kappa shape index (κ1) is 12.2. The van der Waals surface area contributed by atoms with E-state index in [1.807, 2.05) is 6.92 Å². The third kappa shape index (κ3) is 2.34. The normalized spacial score (nSPS) is 10.3. The van der Waals surface area contributed by atoms with Gasteiger partial charge in [-0.2, -0.15) is 0 Å². The lowest BCUT2D eigenvalue weighted by atomic mass is 10.3. The number of ether oxygens (including phenoxy) is 1. The predicted octanol–water partition coefficient (Wildman–Crippen LogP) is 1.50. The zero-order chi connectivity index (χ0) is 13.1. The summed E-state index contributed by atoms with van der Waals surface area (Å²) < 4.78 is 11.2. The molecule has 1 aromatic carbocycles. The minimum Gasteiger partial charge on any atom is -0.494 e. The van der Waals surface area contributed by atoms with E-state index in [4.69, 9.17) is 9.15 Å². The van der Waals surface area contributed by atoms with Crippen molar-refractivity contribution in [2.24, 2.45) is 0 Å². The molecule has 1 aromatic heterocycles. The molecule has 94 valence electrons. The van der Waals surface area contributed by atoms with Crippen molar-refractivity contribution in [3.63, 3.8) is 0 Å². The van der Waals surface area contributed by atoms with Crippen LogP contribution < -0.4 is 16.1 Å². The first-order valence-electron chi connectivity index (χ1n) is 5.59. The van der Waals surface area contributed by atoms with Crippen molar-refractivity contribution in [1.82, 2.24) is 4.57 Å². The molecule has 0 radical (unpaired) electrons. The molecule has 0 amide bonds. The van der Waals surface area contributed by atoms with Crippen molar-refractivity contribution in [2.45, 2.75) is 13.8 Å². The van der Waals surface area contributed by atoms with Crippen LogP contribution >= 0.6 is 0 Å². The van der Waals surface area contributed by atoms with Gasteiger partial charge < -0.3 is 9.15 Å². The number of hydrogen-bond acceptors (Lipinski definition) is 4. The summed E-state index contributed by atoms with van der Waals surface area (Å²) in [5.41, 5.74) is 0.0464. The van der Waals surface area contributed by atoms with E-state index in [9.17, 15) is 9.59 Å². The molecule has 0 aliphatic rings. The maximum Gasteiger partial charge on any atom is 0.426 e. The summed E-state index contributed by atoms with van der Waals surface area (Å²) in [6.07, 6.45) is 0. The minimum absolute atomic E-state index is 0.298. The third-order valence-electron chi connectivity index (χ3n) is 2.38. The second kappa shape index (κ2) is 4.91. The van der Waals surface area contributed by atoms with Gasteiger partial charge in [-0.25, -0.2) is 9.36 Å². The third-order valence-corrected chi connectivity index (χ3v) is 2.38. The van der Waals surface area contributed by atoms with Crippen molar-refractivity contribution in [2.75, 3.05) is 6.61 Å². The minimum atomic E-state index is -0.691. The molecule has 0 bridgehead atoms. The summed E-state index contributed by atoms with van der Waals surface area (Å²) in [6, 6.07) is 7.95. The van der Waals surface area contributed by atoms with Gasteiger partial charge in [0.15, 0.2) is 0 Å². The monoisotopic (exact) mass is 247 g/mol. The summed E-state index contributed by atoms with van der Waals surface area (Å²) in [6.45, 7) is 4.00. The highest BCUT2D eigenvalue weighted by atomic mass is 16.5. The number of aromatic nitrogens is 1. The van der Waals surface area contributed by atoms with Crippen molar-refractivity contribution < 1.29 is 9.15 Å². The van der Waals surface area contributed by atoms with Crippen LogP contribution in [0.15, 0.2) is 44.3 Å². The molecule has 0 unspecified atom stereocenters. The Bertz CT molecular complexity index is 621. The molecular formula is C13H13NO4. The van der Waals surface area contributed by atoms with Gasteiger partial charge in [-0.05, 0) is 38.1 Å². The molecule has 0 saturated carbocycles. The predicted molar refractivity (Wildman–Crippen MR) is 66.5 cm³/mol. The van der Waals surface area contributed by atoms with E-state index in [0.717, 1.165) is 4.57 Å². The van der Waals surface area contributed by atoms with Crippen LogP contribution in [0.4, 0.5) is 0 Å². The molecule has 2 rings (SSSR count). The van der Waals surface area contributed by atoms with Gasteiger partial charge in [0.2, 0.25) is 0 Å². The second-order valence-electron chi connectivity index (χ2n) is 3.72. The molecular weight excluding hydrogens is 234 g/mol. The van der Waals surface area contributed by atoms with E-state index in [2.05, 4.69) is 0 Å². The Kier molecular flexibility index (Phi) is 3.32. The zero-order valence-electron chi connectivity index (χ0n) is 10.2. The molecule has 0 saturated heterocycles. The quantitative estimate of drug-likeness (QED) is 0.824. The fraction of sp³-hybridized carbons (Fsp3) is 0.231. The zero-order valence-corrected chi connectivity index (χ0v) is 10.2. The van der Waals surface area contributed by atoms with Crippen LogP contribution in [-0.4, -0.2) is 11.2 Å². The summed E-state index contributed by atoms with van der Waals surface area (Å²) in [4.78, 5) is 23.4. The van der Waals surface area contributed by atoms with Gasteiger partial charge in [0.1, 0.15) is 11.5 Å². The Labute approximate surface area is 103 Å². The van der Waals surface area contributed by atoms with Crippen LogP contribution in [0.5, 0.6) is 5.75 Å². The number of rotatable bonds is 3. The van der Waals surface area contributed by atoms with E-state index >= 15 is 0 Å². The van der Waals surface area contributed by atoms with Crippen molar-refractivity contribution in [1.29, 1.82) is 0 Å². The van der Waals surface area contributed by atoms with Crippen LogP contribution in [0.2, 0.25) is 0 Å². The van der Waals surface area contributed by atoms with Gasteiger partial charge in [0, 0.05) is 6.07 Å². The summed E-state index contributed by atoms with van der Waals surface area (Å²) in [7, 11) is 0. The van der Waals surface area contributed by atoms with Crippen molar-refractivity contribution >= 4 is 0 Å².